The summed E-state index contributed by atoms with van der Waals surface area (Å²) in [5.74, 6) is -5.82. The number of carboxylic acid groups (broad SMARTS) is 4. The summed E-state index contributed by atoms with van der Waals surface area (Å²) in [6.45, 7) is 0. The van der Waals surface area contributed by atoms with Crippen molar-refractivity contribution in [3.05, 3.63) is 108 Å². The van der Waals surface area contributed by atoms with Crippen LogP contribution >= 0.6 is 0 Å². The minimum Gasteiger partial charge on any atom is -1.00 e. The van der Waals surface area contributed by atoms with E-state index in [1.165, 1.54) is 0 Å². The molecule has 5 rings (SSSR count). The van der Waals surface area contributed by atoms with E-state index < -0.39 is 46.1 Å². The van der Waals surface area contributed by atoms with Crippen molar-refractivity contribution in [2.24, 2.45) is 0 Å². The molecule has 42 heavy (non-hydrogen) atoms. The molecule has 4 heterocycles. The van der Waals surface area contributed by atoms with Crippen LogP contribution in [0.4, 0.5) is 0 Å². The Bertz CT molecular complexity index is 1590. The van der Waals surface area contributed by atoms with Crippen molar-refractivity contribution in [2.75, 3.05) is 0 Å². The number of imidazole rings is 1. The first kappa shape index (κ1) is 31.0. The molecule has 4 aromatic heterocycles. The summed E-state index contributed by atoms with van der Waals surface area (Å²) in [7, 11) is 0. The van der Waals surface area contributed by atoms with E-state index in [0.717, 1.165) is 33.9 Å². The molecule has 14 heteroatoms. The number of hydrogen-bond acceptors (Lipinski definition) is 7. The lowest BCUT2D eigenvalue weighted by Gasteiger charge is -2.06. The molecule has 212 valence electrons. The fraction of sp³-hybridized carbons (Fsp3) is 0. The number of carbonyl (C=O) groups is 4. The van der Waals surface area contributed by atoms with Gasteiger partial charge in [-0.15, -0.1) is 0 Å². The Balaban J connectivity index is 0.000000233. The first-order valence-electron chi connectivity index (χ1n) is 11.7. The third-order valence-electron chi connectivity index (χ3n) is 5.70. The molecule has 0 aliphatic rings. The Morgan fingerprint density at radius 1 is 0.595 bits per heavy atom. The maximum atomic E-state index is 10.8. The van der Waals surface area contributed by atoms with Gasteiger partial charge in [0.2, 0.25) is 0 Å². The standard InChI is InChI=1S/C18H13N5.C10H6O8.HI/c1-7-19-8-2-13(1)16-17(14-3-9-20-10-4-14)23-18(22-16)15-5-11-21-12-6-15;11-7(12)3-1-4(8(13)14)6(10(17)18)2-5(3)9(15)16;/h1-12H,(H,22,23);1-2H,(H,11,12)(H,13,14)(H,15,16)(H,17,18);1H. The van der Waals surface area contributed by atoms with Gasteiger partial charge in [-0.25, -0.2) is 29.1 Å². The lowest BCUT2D eigenvalue weighted by molar-refractivity contribution is -0.377. The summed E-state index contributed by atoms with van der Waals surface area (Å²) in [6.07, 6.45) is 10.9. The highest BCUT2D eigenvalue weighted by molar-refractivity contribution is 6.09. The second-order valence-corrected chi connectivity index (χ2v) is 8.23. The SMILES string of the molecule is O=C(O)c1cc(C(=O)O)c(C(=O)O)cc1C(=O)O.[I-].c1cc(-c2nc(-c3ccncc3)c(-c3cc[nH+]cc3)[nH]2)ccn1. The second-order valence-electron chi connectivity index (χ2n) is 8.23. The van der Waals surface area contributed by atoms with Gasteiger partial charge in [0.05, 0.1) is 33.6 Å². The first-order valence-corrected chi connectivity index (χ1v) is 11.7. The van der Waals surface area contributed by atoms with Crippen molar-refractivity contribution in [1.29, 1.82) is 0 Å². The van der Waals surface area contributed by atoms with Crippen molar-refractivity contribution in [3.8, 4) is 33.9 Å². The molecule has 0 saturated carbocycles. The number of aromatic carboxylic acids is 4. The van der Waals surface area contributed by atoms with Gasteiger partial charge in [0, 0.05) is 53.6 Å². The number of nitrogens with one attached hydrogen (secondary N) is 2. The molecule has 1 aromatic carbocycles. The van der Waals surface area contributed by atoms with Crippen LogP contribution in [0.2, 0.25) is 0 Å². The van der Waals surface area contributed by atoms with Crippen molar-refractivity contribution in [3.63, 3.8) is 0 Å². The molecule has 0 atom stereocenters. The van der Waals surface area contributed by atoms with Crippen molar-refractivity contribution in [2.45, 2.75) is 0 Å². The molecule has 0 radical (unpaired) electrons. The largest absolute Gasteiger partial charge is 1.00 e. The van der Waals surface area contributed by atoms with Gasteiger partial charge < -0.3 is 49.4 Å². The summed E-state index contributed by atoms with van der Waals surface area (Å²) >= 11 is 0. The second kappa shape index (κ2) is 13.7. The molecule has 0 aliphatic heterocycles. The Labute approximate surface area is 253 Å². The molecule has 13 nitrogen and oxygen atoms in total. The monoisotopic (exact) mass is 681 g/mol. The van der Waals surface area contributed by atoms with Gasteiger partial charge in [0.1, 0.15) is 5.82 Å². The topological polar surface area (TPSA) is 218 Å². The summed E-state index contributed by atoms with van der Waals surface area (Å²) in [5, 5.41) is 35.0. The molecule has 0 aliphatic carbocycles. The number of nitrogens with zero attached hydrogens (tertiary/aromatic N) is 3. The Morgan fingerprint density at radius 3 is 1.40 bits per heavy atom. The van der Waals surface area contributed by atoms with Gasteiger partial charge in [-0.2, -0.15) is 0 Å². The molecular weight excluding hydrogens is 661 g/mol. The van der Waals surface area contributed by atoms with Crippen LogP contribution in [-0.2, 0) is 0 Å². The molecule has 5 aromatic rings. The number of halogens is 1. The highest BCUT2D eigenvalue weighted by Gasteiger charge is 2.25. The maximum absolute atomic E-state index is 10.8. The number of benzene rings is 1. The average molecular weight is 681 g/mol. The van der Waals surface area contributed by atoms with E-state index in [-0.39, 0.29) is 24.0 Å². The number of H-pyrrole nitrogens is 2. The van der Waals surface area contributed by atoms with Gasteiger partial charge in [-0.3, -0.25) is 9.97 Å². The summed E-state index contributed by atoms with van der Waals surface area (Å²) in [6, 6.07) is 12.9. The number of rotatable bonds is 7. The van der Waals surface area contributed by atoms with Gasteiger partial charge >= 0.3 is 23.9 Å². The van der Waals surface area contributed by atoms with E-state index in [4.69, 9.17) is 25.4 Å². The smallest absolute Gasteiger partial charge is 0.336 e. The molecular formula is C28H20IN5O8. The highest BCUT2D eigenvalue weighted by atomic mass is 127. The summed E-state index contributed by atoms with van der Waals surface area (Å²) < 4.78 is 0. The predicted octanol–water partition coefficient (Wildman–Crippen LogP) is 0.498. The third-order valence-corrected chi connectivity index (χ3v) is 5.70. The quantitative estimate of drug-likeness (QED) is 0.149. The van der Waals surface area contributed by atoms with Crippen molar-refractivity contribution >= 4 is 23.9 Å². The fourth-order valence-electron chi connectivity index (χ4n) is 3.81. The molecule has 0 saturated heterocycles. The van der Waals surface area contributed by atoms with Crippen LogP contribution in [0.3, 0.4) is 0 Å². The van der Waals surface area contributed by atoms with E-state index >= 15 is 0 Å². The first-order chi connectivity index (χ1) is 19.7. The lowest BCUT2D eigenvalue weighted by atomic mass is 9.98. The zero-order chi connectivity index (χ0) is 29.5. The highest BCUT2D eigenvalue weighted by Crippen LogP contribution is 2.32. The van der Waals surface area contributed by atoms with E-state index in [9.17, 15) is 19.2 Å². The maximum Gasteiger partial charge on any atom is 0.336 e. The van der Waals surface area contributed by atoms with Crippen LogP contribution in [0.5, 0.6) is 0 Å². The van der Waals surface area contributed by atoms with Crippen LogP contribution in [0.1, 0.15) is 41.4 Å². The van der Waals surface area contributed by atoms with Crippen LogP contribution in [0, 0.1) is 0 Å². The van der Waals surface area contributed by atoms with Gasteiger partial charge in [-0.05, 0) is 36.4 Å². The Morgan fingerprint density at radius 2 is 1.00 bits per heavy atom. The normalized spacial score (nSPS) is 10.0. The number of aromatic nitrogens is 5. The van der Waals surface area contributed by atoms with Crippen molar-refractivity contribution in [1.82, 2.24) is 19.9 Å². The lowest BCUT2D eigenvalue weighted by Crippen LogP contribution is -3.00. The zero-order valence-electron chi connectivity index (χ0n) is 21.2. The van der Waals surface area contributed by atoms with E-state index in [0.29, 0.717) is 12.1 Å². The van der Waals surface area contributed by atoms with Crippen LogP contribution < -0.4 is 29.0 Å². The fourth-order valence-corrected chi connectivity index (χ4v) is 3.81. The molecule has 0 bridgehead atoms. The summed E-state index contributed by atoms with van der Waals surface area (Å²) in [4.78, 5) is 62.6. The van der Waals surface area contributed by atoms with Crippen LogP contribution in [-0.4, -0.2) is 64.2 Å². The molecule has 0 fully saturated rings. The Kier molecular flexibility index (Phi) is 10.1. The van der Waals surface area contributed by atoms with Gasteiger partial charge in [0.15, 0.2) is 12.4 Å². The Hall–Kier alpha value is -5.51. The van der Waals surface area contributed by atoms with Gasteiger partial charge in [0.25, 0.3) is 0 Å². The minimum atomic E-state index is -1.66. The molecule has 0 spiro atoms. The van der Waals surface area contributed by atoms with Gasteiger partial charge in [-0.1, -0.05) is 0 Å². The van der Waals surface area contributed by atoms with Crippen molar-refractivity contribution < 1.29 is 68.6 Å². The zero-order valence-corrected chi connectivity index (χ0v) is 23.4. The number of aromatic amines is 2. The molecule has 0 unspecified atom stereocenters. The van der Waals surface area contributed by atoms with E-state index in [2.05, 4.69) is 19.9 Å². The van der Waals surface area contributed by atoms with Crippen LogP contribution in [0.15, 0.2) is 85.7 Å². The third kappa shape index (κ3) is 6.97. The van der Waals surface area contributed by atoms with Crippen LogP contribution in [0.25, 0.3) is 33.9 Å². The molecule has 0 amide bonds. The average Bonchev–Trinajstić information content (AvgIpc) is 3.44. The number of carboxylic acids is 4. The summed E-state index contributed by atoms with van der Waals surface area (Å²) in [5.41, 5.74) is 1.85. The van der Waals surface area contributed by atoms with E-state index in [1.807, 2.05) is 48.8 Å². The molecule has 6 N–H and O–H groups in total. The predicted molar refractivity (Wildman–Crippen MR) is 141 cm³/mol. The van der Waals surface area contributed by atoms with E-state index in [1.54, 1.807) is 24.8 Å². The number of hydrogen-bond donors (Lipinski definition) is 5. The minimum absolute atomic E-state index is 0. The number of pyridine rings is 3.